The van der Waals surface area contributed by atoms with E-state index in [1.807, 2.05) is 13.8 Å². The predicted molar refractivity (Wildman–Crippen MR) is 203 cm³/mol. The number of anilines is 1. The number of guanidine groups is 1. The lowest BCUT2D eigenvalue weighted by atomic mass is 9.58. The monoisotopic (exact) mass is 839 g/mol. The van der Waals surface area contributed by atoms with E-state index in [2.05, 4.69) is 43.1 Å². The van der Waals surface area contributed by atoms with Gasteiger partial charge in [-0.05, 0) is 100 Å². The Kier molecular flexibility index (Phi) is 11.2. The first kappa shape index (κ1) is 42.0. The zero-order valence-electron chi connectivity index (χ0n) is 34.8. The summed E-state index contributed by atoms with van der Waals surface area (Å²) in [7, 11) is 0. The van der Waals surface area contributed by atoms with Crippen molar-refractivity contribution in [3.8, 4) is 5.75 Å². The highest BCUT2D eigenvalue weighted by atomic mass is 19.4. The van der Waals surface area contributed by atoms with Gasteiger partial charge < -0.3 is 43.8 Å². The summed E-state index contributed by atoms with van der Waals surface area (Å²) in [6.07, 6.45) is 0.320. The number of hydrogen-bond donors (Lipinski definition) is 2. The highest BCUT2D eigenvalue weighted by Crippen LogP contribution is 2.62. The smallest absolute Gasteiger partial charge is 0.406 e. The number of alkyl halides is 3. The highest BCUT2D eigenvalue weighted by molar-refractivity contribution is 5.93. The number of rotatable bonds is 10. The quantitative estimate of drug-likeness (QED) is 0.105. The van der Waals surface area contributed by atoms with Crippen molar-refractivity contribution in [1.29, 1.82) is 0 Å². The third-order valence-corrected chi connectivity index (χ3v) is 14.9. The van der Waals surface area contributed by atoms with Gasteiger partial charge in [-0.1, -0.05) is 27.7 Å². The van der Waals surface area contributed by atoms with Gasteiger partial charge in [-0.25, -0.2) is 19.6 Å². The number of fused-ring (bicyclic) bond motifs is 4. The van der Waals surface area contributed by atoms with Crippen LogP contribution in [0, 0.1) is 47.3 Å². The molecule has 8 saturated heterocycles. The second-order valence-electron chi connectivity index (χ2n) is 18.6. The Hall–Kier alpha value is -2.32. The Morgan fingerprint density at radius 1 is 0.712 bits per heavy atom. The Bertz CT molecular complexity index is 1690. The van der Waals surface area contributed by atoms with Crippen molar-refractivity contribution < 1.29 is 65.9 Å². The molecule has 16 atom stereocenters. The minimum Gasteiger partial charge on any atom is -0.406 e. The van der Waals surface area contributed by atoms with Crippen molar-refractivity contribution in [2.45, 2.75) is 147 Å². The lowest BCUT2D eigenvalue weighted by Crippen LogP contribution is -2.70. The summed E-state index contributed by atoms with van der Waals surface area (Å²) in [4.78, 5) is 29.2. The first-order chi connectivity index (χ1) is 28.1. The van der Waals surface area contributed by atoms with E-state index in [-0.39, 0.29) is 61.0 Å². The van der Waals surface area contributed by atoms with Crippen LogP contribution in [0.15, 0.2) is 29.3 Å². The Morgan fingerprint density at radius 2 is 1.24 bits per heavy atom. The number of halogens is 3. The lowest BCUT2D eigenvalue weighted by Gasteiger charge is -2.60. The summed E-state index contributed by atoms with van der Waals surface area (Å²) in [5, 5.41) is 6.49. The van der Waals surface area contributed by atoms with Gasteiger partial charge in [0.05, 0.1) is 19.8 Å². The van der Waals surface area contributed by atoms with Gasteiger partial charge >= 0.3 is 6.36 Å². The van der Waals surface area contributed by atoms with E-state index in [0.717, 1.165) is 51.4 Å². The molecule has 0 unspecified atom stereocenters. The molecule has 1 aromatic carbocycles. The third-order valence-electron chi connectivity index (χ3n) is 14.9. The average molecular weight is 840 g/mol. The van der Waals surface area contributed by atoms with Crippen molar-refractivity contribution in [2.24, 2.45) is 52.3 Å². The van der Waals surface area contributed by atoms with E-state index in [9.17, 15) is 13.2 Å². The summed E-state index contributed by atoms with van der Waals surface area (Å²) >= 11 is 0. The summed E-state index contributed by atoms with van der Waals surface area (Å²) in [5.41, 5.74) is -0.859. The van der Waals surface area contributed by atoms with Crippen LogP contribution in [0.5, 0.6) is 5.75 Å². The van der Waals surface area contributed by atoms with Crippen LogP contribution in [0.4, 0.5) is 18.9 Å². The predicted octanol–water partition coefficient (Wildman–Crippen LogP) is 7.39. The fourth-order valence-electron chi connectivity index (χ4n) is 11.8. The van der Waals surface area contributed by atoms with Crippen LogP contribution in [0.2, 0.25) is 0 Å². The van der Waals surface area contributed by atoms with Crippen molar-refractivity contribution in [3.05, 3.63) is 24.3 Å². The van der Waals surface area contributed by atoms with Crippen molar-refractivity contribution in [1.82, 2.24) is 5.32 Å². The molecule has 1 aromatic rings. The van der Waals surface area contributed by atoms with Gasteiger partial charge in [-0.3, -0.25) is 4.99 Å². The topological polar surface area (TPSA) is 138 Å². The van der Waals surface area contributed by atoms with E-state index in [0.29, 0.717) is 30.0 Å². The van der Waals surface area contributed by atoms with E-state index in [1.54, 1.807) is 0 Å². The second kappa shape index (κ2) is 15.8. The summed E-state index contributed by atoms with van der Waals surface area (Å²) in [6.45, 7) is 13.7. The number of aliphatic imine (C=N–C) groups is 1. The normalized spacial score (nSPS) is 46.4. The fraction of sp³-hybridized carbons (Fsp3) is 0.833. The Balaban J connectivity index is 0.845. The van der Waals surface area contributed by atoms with Crippen LogP contribution in [-0.4, -0.2) is 86.6 Å². The fourth-order valence-corrected chi connectivity index (χ4v) is 11.8. The molecule has 8 heterocycles. The highest BCUT2D eigenvalue weighted by Gasteiger charge is 2.71. The Labute approximate surface area is 343 Å². The van der Waals surface area contributed by atoms with Crippen LogP contribution in [-0.2, 0) is 48.0 Å². The molecule has 2 spiro atoms. The first-order valence-corrected chi connectivity index (χ1v) is 21.7. The van der Waals surface area contributed by atoms with E-state index >= 15 is 0 Å². The molecule has 0 aromatic heterocycles. The molecule has 330 valence electrons. The van der Waals surface area contributed by atoms with Gasteiger partial charge in [0.1, 0.15) is 5.75 Å². The van der Waals surface area contributed by atoms with E-state index in [1.165, 1.54) is 24.3 Å². The standard InChI is InChI=1S/C42H60F3N3O11/c1-23-7-13-31-25(3)33(51-35-40(31)29(23)15-17-38(5,54-35)56-58-40)49-21-19-46-37(48-27-9-11-28(12-10-27)53-42(43,44)45)47-20-22-50-34-26(4)32-14-8-24(2)30-16-18-39(6)55-36(52-34)41(30,32)59-57-39/h9-12,23-26,29-36H,7-8,13-22H2,1-6H3,(H2,46,47,48)/t23-,24-,25-,26-,29+,30+,31+,32+,33+,34+,35-,36-,38-,39-,40-,41-/m1/s1. The largest absolute Gasteiger partial charge is 0.573 e. The molecule has 0 radical (unpaired) electrons. The van der Waals surface area contributed by atoms with Gasteiger partial charge in [-0.2, -0.15) is 0 Å². The molecular weight excluding hydrogens is 779 g/mol. The molecule has 0 amide bonds. The number of benzene rings is 1. The maximum atomic E-state index is 12.8. The first-order valence-electron chi connectivity index (χ1n) is 21.7. The minimum atomic E-state index is -4.79. The second-order valence-corrected chi connectivity index (χ2v) is 18.6. The zero-order valence-corrected chi connectivity index (χ0v) is 34.8. The molecule has 4 bridgehead atoms. The van der Waals surface area contributed by atoms with Crippen molar-refractivity contribution in [2.75, 3.05) is 31.6 Å². The van der Waals surface area contributed by atoms with Gasteiger partial charge in [0.25, 0.3) is 0 Å². The molecule has 10 fully saturated rings. The van der Waals surface area contributed by atoms with Gasteiger partial charge in [0, 0.05) is 48.7 Å². The SMILES string of the molecule is C[C@H]1[C@@H](OCCN=C(NCCO[C@H]2O[C@@H]3O[C@@]4(C)CC[C@H]5[C@H](C)CC[C@@H]([C@H]2C)[C@@]35OO4)Nc2ccc(OC(F)(F)F)cc2)O[C@@H]2O[C@@]3(C)CC[C@H]4[C@H](C)CC[C@@H]1[C@@]24OO3. The van der Waals surface area contributed by atoms with Crippen LogP contribution in [0.1, 0.15) is 92.9 Å². The van der Waals surface area contributed by atoms with Crippen LogP contribution < -0.4 is 15.4 Å². The molecule has 2 N–H and O–H groups in total. The van der Waals surface area contributed by atoms with Crippen LogP contribution in [0.25, 0.3) is 0 Å². The van der Waals surface area contributed by atoms with Crippen molar-refractivity contribution >= 4 is 11.6 Å². The molecule has 59 heavy (non-hydrogen) atoms. The van der Waals surface area contributed by atoms with Crippen molar-refractivity contribution in [3.63, 3.8) is 0 Å². The van der Waals surface area contributed by atoms with E-state index in [4.69, 9.17) is 53.0 Å². The molecule has 17 heteroatoms. The zero-order chi connectivity index (χ0) is 41.4. The van der Waals surface area contributed by atoms with Gasteiger partial charge in [-0.15, -0.1) is 13.2 Å². The molecule has 2 saturated carbocycles. The number of hydrogen-bond acceptors (Lipinski definition) is 12. The average Bonchev–Trinajstić information content (AvgIpc) is 3.56. The molecule has 2 aliphatic carbocycles. The number of ether oxygens (including phenoxy) is 7. The molecule has 11 rings (SSSR count). The summed E-state index contributed by atoms with van der Waals surface area (Å²) in [5.74, 6) is -0.0203. The van der Waals surface area contributed by atoms with E-state index < -0.39 is 54.3 Å². The number of nitrogens with one attached hydrogen (secondary N) is 2. The van der Waals surface area contributed by atoms with Gasteiger partial charge in [0.2, 0.25) is 11.6 Å². The molecular formula is C42H60F3N3O11. The van der Waals surface area contributed by atoms with Crippen LogP contribution >= 0.6 is 0 Å². The molecule has 14 nitrogen and oxygen atoms in total. The van der Waals surface area contributed by atoms with Crippen LogP contribution in [0.3, 0.4) is 0 Å². The molecule has 10 aliphatic rings. The Morgan fingerprint density at radius 3 is 1.76 bits per heavy atom. The van der Waals surface area contributed by atoms with Gasteiger partial charge in [0.15, 0.2) is 42.3 Å². The summed E-state index contributed by atoms with van der Waals surface area (Å²) in [6, 6.07) is 5.46. The molecule has 8 aliphatic heterocycles. The lowest BCUT2D eigenvalue weighted by molar-refractivity contribution is -0.577. The maximum Gasteiger partial charge on any atom is 0.573 e. The maximum absolute atomic E-state index is 12.8. The number of nitrogens with zero attached hydrogens (tertiary/aromatic N) is 1. The summed E-state index contributed by atoms with van der Waals surface area (Å²) < 4.78 is 81.4. The minimum absolute atomic E-state index is 0.00729. The third kappa shape index (κ3) is 7.66.